The highest BCUT2D eigenvalue weighted by atomic mass is 79.9. The van der Waals surface area contributed by atoms with Crippen molar-refractivity contribution in [2.45, 2.75) is 0 Å². The number of hydrogen-bond donors (Lipinski definition) is 0. The number of alkyl halides is 1. The van der Waals surface area contributed by atoms with Crippen LogP contribution in [-0.2, 0) is 4.74 Å². The van der Waals surface area contributed by atoms with Crippen LogP contribution in [0.2, 0.25) is 0 Å². The van der Waals surface area contributed by atoms with Crippen LogP contribution in [0.5, 0.6) is 17.2 Å². The minimum absolute atomic E-state index is 0.545. The molecular weight excluding hydrogens is 404 g/mol. The van der Waals surface area contributed by atoms with Gasteiger partial charge in [-0.2, -0.15) is 0 Å². The Hall–Kier alpha value is -1.14. The first-order valence-corrected chi connectivity index (χ1v) is 8.15. The van der Waals surface area contributed by atoms with Crippen molar-refractivity contribution in [2.24, 2.45) is 0 Å². The second-order valence-corrected chi connectivity index (χ2v) is 5.64. The summed E-state index contributed by atoms with van der Waals surface area (Å²) in [6, 6.07) is 1.87. The Labute approximate surface area is 141 Å². The summed E-state index contributed by atoms with van der Waals surface area (Å²) >= 11 is 6.98. The summed E-state index contributed by atoms with van der Waals surface area (Å²) in [5.41, 5.74) is 2.04. The van der Waals surface area contributed by atoms with E-state index in [2.05, 4.69) is 31.9 Å². The fourth-order valence-corrected chi connectivity index (χ4v) is 3.01. The van der Waals surface area contributed by atoms with Gasteiger partial charge >= 0.3 is 0 Å². The van der Waals surface area contributed by atoms with Crippen LogP contribution in [0.3, 0.4) is 0 Å². The van der Waals surface area contributed by atoms with E-state index in [-0.39, 0.29) is 0 Å². The first kappa shape index (κ1) is 16.2. The Morgan fingerprint density at radius 2 is 1.81 bits per heavy atom. The molecule has 1 aliphatic rings. The van der Waals surface area contributed by atoms with Gasteiger partial charge in [0.05, 0.1) is 25.8 Å². The molecule has 4 nitrogen and oxygen atoms in total. The zero-order chi connectivity index (χ0) is 15.4. The largest absolute Gasteiger partial charge is 0.493 e. The highest BCUT2D eigenvalue weighted by Crippen LogP contribution is 2.47. The summed E-state index contributed by atoms with van der Waals surface area (Å²) in [5.74, 6) is 2.47. The maximum absolute atomic E-state index is 5.80. The van der Waals surface area contributed by atoms with Gasteiger partial charge in [-0.1, -0.05) is 22.0 Å². The van der Waals surface area contributed by atoms with Crippen LogP contribution in [0.25, 0.3) is 5.76 Å². The van der Waals surface area contributed by atoms with Crippen molar-refractivity contribution in [1.82, 2.24) is 0 Å². The molecule has 0 amide bonds. The molecule has 0 N–H and O–H groups in total. The SMILES string of the molecule is COc1cc(C2=CC=C(CBr)CO2)c(Br)c(OC)c1OC. The number of methoxy groups -OCH3 is 3. The molecule has 2 rings (SSSR count). The van der Waals surface area contributed by atoms with Crippen LogP contribution >= 0.6 is 31.9 Å². The van der Waals surface area contributed by atoms with Crippen LogP contribution in [0.4, 0.5) is 0 Å². The molecule has 0 radical (unpaired) electrons. The van der Waals surface area contributed by atoms with E-state index in [0.717, 1.165) is 21.1 Å². The van der Waals surface area contributed by atoms with Gasteiger partial charge in [0.2, 0.25) is 5.75 Å². The van der Waals surface area contributed by atoms with Crippen LogP contribution in [0, 0.1) is 0 Å². The molecule has 1 aliphatic heterocycles. The van der Waals surface area contributed by atoms with Gasteiger partial charge in [-0.25, -0.2) is 0 Å². The first-order chi connectivity index (χ1) is 10.2. The van der Waals surface area contributed by atoms with Crippen molar-refractivity contribution < 1.29 is 18.9 Å². The van der Waals surface area contributed by atoms with Crippen LogP contribution < -0.4 is 14.2 Å². The third-order valence-electron chi connectivity index (χ3n) is 3.09. The highest BCUT2D eigenvalue weighted by Gasteiger charge is 2.22. The van der Waals surface area contributed by atoms with Gasteiger partial charge in [-0.3, -0.25) is 0 Å². The molecule has 0 bridgehead atoms. The van der Waals surface area contributed by atoms with Gasteiger partial charge in [0.1, 0.15) is 12.4 Å². The predicted molar refractivity (Wildman–Crippen MR) is 89.6 cm³/mol. The Bertz CT molecular complexity index is 594. The first-order valence-electron chi connectivity index (χ1n) is 6.23. The third kappa shape index (κ3) is 3.21. The molecule has 0 unspecified atom stereocenters. The summed E-state index contributed by atoms with van der Waals surface area (Å²) in [5, 5.41) is 0.799. The molecule has 6 heteroatoms. The Balaban J connectivity index is 2.55. The zero-order valence-corrected chi connectivity index (χ0v) is 15.2. The fourth-order valence-electron chi connectivity index (χ4n) is 2.01. The lowest BCUT2D eigenvalue weighted by molar-refractivity contribution is 0.302. The number of ether oxygens (including phenoxy) is 4. The highest BCUT2D eigenvalue weighted by molar-refractivity contribution is 9.10. The van der Waals surface area contributed by atoms with E-state index >= 15 is 0 Å². The van der Waals surface area contributed by atoms with E-state index in [1.165, 1.54) is 5.57 Å². The molecule has 21 heavy (non-hydrogen) atoms. The zero-order valence-electron chi connectivity index (χ0n) is 12.0. The molecule has 0 aromatic heterocycles. The van der Waals surface area contributed by atoms with Crippen LogP contribution in [0.1, 0.15) is 5.56 Å². The van der Waals surface area contributed by atoms with Gasteiger partial charge < -0.3 is 18.9 Å². The topological polar surface area (TPSA) is 36.9 Å². The van der Waals surface area contributed by atoms with Gasteiger partial charge in [-0.15, -0.1) is 0 Å². The van der Waals surface area contributed by atoms with Crippen molar-refractivity contribution >= 4 is 37.6 Å². The van der Waals surface area contributed by atoms with Crippen molar-refractivity contribution in [3.8, 4) is 17.2 Å². The molecular formula is C15H16Br2O4. The number of hydrogen-bond acceptors (Lipinski definition) is 4. The molecule has 0 atom stereocenters. The molecule has 0 saturated heterocycles. The van der Waals surface area contributed by atoms with Crippen molar-refractivity contribution in [2.75, 3.05) is 33.3 Å². The average Bonchev–Trinajstić information content (AvgIpc) is 2.54. The van der Waals surface area contributed by atoms with Crippen LogP contribution in [0.15, 0.2) is 28.3 Å². The van der Waals surface area contributed by atoms with Gasteiger partial charge in [-0.05, 0) is 33.6 Å². The van der Waals surface area contributed by atoms with E-state index in [0.29, 0.717) is 23.9 Å². The van der Waals surface area contributed by atoms with E-state index < -0.39 is 0 Å². The summed E-state index contributed by atoms with van der Waals surface area (Å²) in [6.45, 7) is 0.556. The Morgan fingerprint density at radius 1 is 1.10 bits per heavy atom. The lowest BCUT2D eigenvalue weighted by atomic mass is 10.1. The lowest BCUT2D eigenvalue weighted by Crippen LogP contribution is -2.05. The average molecular weight is 420 g/mol. The molecule has 1 heterocycles. The minimum atomic E-state index is 0.545. The smallest absolute Gasteiger partial charge is 0.204 e. The van der Waals surface area contributed by atoms with E-state index in [1.807, 2.05) is 18.2 Å². The van der Waals surface area contributed by atoms with Crippen molar-refractivity contribution in [3.05, 3.63) is 33.8 Å². The normalized spacial score (nSPS) is 14.0. The molecule has 0 spiro atoms. The third-order valence-corrected chi connectivity index (χ3v) is 4.60. The molecule has 0 fully saturated rings. The maximum Gasteiger partial charge on any atom is 0.204 e. The summed E-state index contributed by atoms with van der Waals surface area (Å²) in [4.78, 5) is 0. The van der Waals surface area contributed by atoms with Gasteiger partial charge in [0.15, 0.2) is 11.5 Å². The predicted octanol–water partition coefficient (Wildman–Crippen LogP) is 4.17. The molecule has 0 aliphatic carbocycles. The Morgan fingerprint density at radius 3 is 2.29 bits per heavy atom. The minimum Gasteiger partial charge on any atom is -0.493 e. The number of benzene rings is 1. The second-order valence-electron chi connectivity index (χ2n) is 4.29. The summed E-state index contributed by atoms with van der Waals surface area (Å²) in [7, 11) is 4.76. The molecule has 1 aromatic carbocycles. The van der Waals surface area contributed by atoms with Crippen molar-refractivity contribution in [1.29, 1.82) is 0 Å². The monoisotopic (exact) mass is 418 g/mol. The van der Waals surface area contributed by atoms with E-state index in [9.17, 15) is 0 Å². The van der Waals surface area contributed by atoms with Crippen molar-refractivity contribution in [3.63, 3.8) is 0 Å². The molecule has 114 valence electrons. The number of halogens is 2. The molecule has 1 aromatic rings. The molecule has 0 saturated carbocycles. The lowest BCUT2D eigenvalue weighted by Gasteiger charge is -2.20. The van der Waals surface area contributed by atoms with Crippen LogP contribution in [-0.4, -0.2) is 33.3 Å². The summed E-state index contributed by atoms with van der Waals surface area (Å²) in [6.07, 6.45) is 3.98. The quantitative estimate of drug-likeness (QED) is 0.671. The van der Waals surface area contributed by atoms with Gasteiger partial charge in [0, 0.05) is 10.9 Å². The van der Waals surface area contributed by atoms with E-state index in [1.54, 1.807) is 21.3 Å². The number of rotatable bonds is 5. The Kier molecular flexibility index (Phi) is 5.58. The van der Waals surface area contributed by atoms with E-state index in [4.69, 9.17) is 18.9 Å². The maximum atomic E-state index is 5.80. The standard InChI is InChI=1S/C15H16Br2O4/c1-18-12-6-10(11-5-4-9(7-16)8-21-11)13(17)15(20-3)14(12)19-2/h4-6H,7-8H2,1-3H3. The second kappa shape index (κ2) is 7.22. The number of allylic oxidation sites excluding steroid dienone is 2. The summed E-state index contributed by atoms with van der Waals surface area (Å²) < 4.78 is 22.7. The van der Waals surface area contributed by atoms with Gasteiger partial charge in [0.25, 0.3) is 0 Å². The fraction of sp³-hybridized carbons (Fsp3) is 0.333.